The van der Waals surface area contributed by atoms with Gasteiger partial charge in [-0.2, -0.15) is 0 Å². The first-order valence-electron chi connectivity index (χ1n) is 14.3. The van der Waals surface area contributed by atoms with E-state index < -0.39 is 38.4 Å². The van der Waals surface area contributed by atoms with Crippen LogP contribution in [0.3, 0.4) is 0 Å². The fourth-order valence-corrected chi connectivity index (χ4v) is 7.65. The van der Waals surface area contributed by atoms with Crippen molar-refractivity contribution in [3.63, 3.8) is 0 Å². The first-order chi connectivity index (χ1) is 20.8. The Kier molecular flexibility index (Phi) is 11.9. The number of ether oxygens (including phenoxy) is 4. The minimum Gasteiger partial charge on any atom is -0.490 e. The van der Waals surface area contributed by atoms with E-state index in [1.54, 1.807) is 77.1 Å². The molecule has 0 saturated carbocycles. The van der Waals surface area contributed by atoms with E-state index in [2.05, 4.69) is 0 Å². The molecule has 3 rings (SSSR count). The molecule has 2 aromatic carbocycles. The number of hydrogen-bond donors (Lipinski definition) is 2. The molecule has 2 N–H and O–H groups in total. The van der Waals surface area contributed by atoms with E-state index in [1.165, 1.54) is 13.8 Å². The third kappa shape index (κ3) is 10.8. The molecule has 0 amide bonds. The number of Topliss-reactive ketones (excluding diaryl/α,β-unsaturated/α-hetero) is 1. The molecule has 1 unspecified atom stereocenters. The molecule has 1 aliphatic rings. The molecule has 1 atom stereocenters. The summed E-state index contributed by atoms with van der Waals surface area (Å²) in [5.74, 6) is -0.243. The lowest BCUT2D eigenvalue weighted by atomic mass is 9.97. The van der Waals surface area contributed by atoms with Gasteiger partial charge in [0.05, 0.1) is 0 Å². The van der Waals surface area contributed by atoms with Crippen LogP contribution in [-0.2, 0) is 19.1 Å². The Bertz CT molecular complexity index is 1420. The van der Waals surface area contributed by atoms with Crippen molar-refractivity contribution in [2.24, 2.45) is 0 Å². The summed E-state index contributed by atoms with van der Waals surface area (Å²) in [4.78, 5) is 37.6. The molecule has 2 aromatic rings. The van der Waals surface area contributed by atoms with Crippen molar-refractivity contribution in [2.45, 2.75) is 69.2 Å². The molecule has 45 heavy (non-hydrogen) atoms. The van der Waals surface area contributed by atoms with Gasteiger partial charge in [0, 0.05) is 5.56 Å². The highest BCUT2D eigenvalue weighted by Crippen LogP contribution is 2.42. The van der Waals surface area contributed by atoms with Gasteiger partial charge in [-0.3, -0.25) is 14.4 Å². The maximum atomic E-state index is 12.8. The summed E-state index contributed by atoms with van der Waals surface area (Å²) < 4.78 is 20.4. The van der Waals surface area contributed by atoms with Crippen molar-refractivity contribution in [3.05, 3.63) is 65.7 Å². The van der Waals surface area contributed by atoms with E-state index in [4.69, 9.17) is 31.2 Å². The van der Waals surface area contributed by atoms with Crippen LogP contribution in [0.15, 0.2) is 54.6 Å². The minimum absolute atomic E-state index is 0.00268. The van der Waals surface area contributed by atoms with Crippen molar-refractivity contribution >= 4 is 62.6 Å². The number of benzene rings is 2. The van der Waals surface area contributed by atoms with Gasteiger partial charge in [-0.15, -0.1) is 0 Å². The van der Waals surface area contributed by atoms with Gasteiger partial charge in [-0.25, -0.2) is 0 Å². The number of rotatable bonds is 15. The molecule has 0 fully saturated rings. The Morgan fingerprint density at radius 1 is 0.756 bits per heavy atom. The zero-order valence-corrected chi connectivity index (χ0v) is 29.0. The van der Waals surface area contributed by atoms with Gasteiger partial charge < -0.3 is 29.2 Å². The SMILES string of the molecule is CC(C)(O)C(=O)c1ccc(OCCOC(=O)C(C)(C)SC(=S)SC(C)(C)C(=O)OCCOc2ccc(C3=CC3(C)O)cc2)cc1. The van der Waals surface area contributed by atoms with E-state index in [0.717, 1.165) is 34.7 Å². The fourth-order valence-electron chi connectivity index (χ4n) is 3.86. The highest BCUT2D eigenvalue weighted by atomic mass is 32.2. The molecule has 244 valence electrons. The topological polar surface area (TPSA) is 129 Å². The number of ketones is 1. The smallest absolute Gasteiger partial charge is 0.322 e. The van der Waals surface area contributed by atoms with Crippen molar-refractivity contribution in [1.82, 2.24) is 0 Å². The predicted octanol–water partition coefficient (Wildman–Crippen LogP) is 5.64. The summed E-state index contributed by atoms with van der Waals surface area (Å²) in [5, 5.41) is 19.8. The van der Waals surface area contributed by atoms with Gasteiger partial charge in [-0.05, 0) is 102 Å². The maximum Gasteiger partial charge on any atom is 0.322 e. The third-order valence-corrected chi connectivity index (χ3v) is 9.24. The molecule has 0 radical (unpaired) electrons. The molecule has 1 aliphatic carbocycles. The van der Waals surface area contributed by atoms with E-state index in [1.807, 2.05) is 12.1 Å². The van der Waals surface area contributed by atoms with Crippen LogP contribution in [0, 0.1) is 0 Å². The largest absolute Gasteiger partial charge is 0.490 e. The number of aliphatic hydroxyl groups is 2. The number of hydrogen-bond acceptors (Lipinski definition) is 12. The molecule has 0 heterocycles. The van der Waals surface area contributed by atoms with Crippen LogP contribution >= 0.6 is 35.7 Å². The van der Waals surface area contributed by atoms with Crippen LogP contribution < -0.4 is 9.47 Å². The molecule has 12 heteroatoms. The molecular formula is C33H40O9S3. The second-order valence-electron chi connectivity index (χ2n) is 12.1. The molecule has 0 aliphatic heterocycles. The van der Waals surface area contributed by atoms with E-state index in [0.29, 0.717) is 20.6 Å². The van der Waals surface area contributed by atoms with Gasteiger partial charge in [0.1, 0.15) is 62.2 Å². The predicted molar refractivity (Wildman–Crippen MR) is 181 cm³/mol. The van der Waals surface area contributed by atoms with Crippen molar-refractivity contribution in [3.8, 4) is 11.5 Å². The average Bonchev–Trinajstić information content (AvgIpc) is 3.59. The van der Waals surface area contributed by atoms with Gasteiger partial charge in [0.25, 0.3) is 0 Å². The van der Waals surface area contributed by atoms with Gasteiger partial charge >= 0.3 is 11.9 Å². The molecule has 0 aromatic heterocycles. The lowest BCUT2D eigenvalue weighted by molar-refractivity contribution is -0.147. The van der Waals surface area contributed by atoms with Crippen LogP contribution in [0.2, 0.25) is 0 Å². The number of thioether (sulfide) groups is 2. The van der Waals surface area contributed by atoms with Gasteiger partial charge in [-0.1, -0.05) is 47.9 Å². The first kappa shape index (κ1) is 36.6. The van der Waals surface area contributed by atoms with Gasteiger partial charge in [0.2, 0.25) is 0 Å². The minimum atomic E-state index is -1.47. The molecule has 9 nitrogen and oxygen atoms in total. The number of thiocarbonyl (C=S) groups is 1. The van der Waals surface area contributed by atoms with E-state index in [-0.39, 0.29) is 26.4 Å². The maximum absolute atomic E-state index is 12.8. The zero-order chi connectivity index (χ0) is 33.6. The second-order valence-corrected chi connectivity index (χ2v) is 16.5. The normalized spacial score (nSPS) is 16.3. The van der Waals surface area contributed by atoms with E-state index in [9.17, 15) is 24.6 Å². The standard InChI is InChI=1S/C33H40O9S3/c1-30(2,37)26(34)22-10-14-24(15-11-22)40-17-19-42-28(36)32(5,6)45-29(43)44-31(3,4)27(35)41-18-16-39-23-12-8-21(9-13-23)25-20-33(25,7)38/h8-15,20,37-38H,16-19H2,1-7H3. The molecule has 0 spiro atoms. The highest BCUT2D eigenvalue weighted by Gasteiger charge is 2.38. The first-order valence-corrected chi connectivity index (χ1v) is 16.3. The van der Waals surface area contributed by atoms with Crippen molar-refractivity contribution < 1.29 is 43.5 Å². The van der Waals surface area contributed by atoms with Crippen LogP contribution in [0.5, 0.6) is 11.5 Å². The average molecular weight is 677 g/mol. The van der Waals surface area contributed by atoms with Crippen molar-refractivity contribution in [1.29, 1.82) is 0 Å². The molecule has 0 saturated heterocycles. The van der Waals surface area contributed by atoms with E-state index >= 15 is 0 Å². The second kappa shape index (κ2) is 14.7. The molecular weight excluding hydrogens is 637 g/mol. The summed E-state index contributed by atoms with van der Waals surface area (Å²) in [7, 11) is 0. The van der Waals surface area contributed by atoms with Crippen molar-refractivity contribution in [2.75, 3.05) is 26.4 Å². The Balaban J connectivity index is 1.35. The Morgan fingerprint density at radius 2 is 1.16 bits per heavy atom. The number of esters is 2. The Hall–Kier alpha value is -2.90. The summed E-state index contributed by atoms with van der Waals surface area (Å²) >= 11 is 7.74. The summed E-state index contributed by atoms with van der Waals surface area (Å²) in [5.41, 5.74) is -0.129. The number of carbonyl (C=O) groups excluding carboxylic acids is 3. The number of carbonyl (C=O) groups is 3. The van der Waals surface area contributed by atoms with Crippen LogP contribution in [0.1, 0.15) is 64.4 Å². The monoisotopic (exact) mass is 676 g/mol. The fraction of sp³-hybridized carbons (Fsp3) is 0.455. The lowest BCUT2D eigenvalue weighted by Crippen LogP contribution is -2.35. The summed E-state index contributed by atoms with van der Waals surface area (Å²) in [6.07, 6.45) is 1.78. The molecule has 0 bridgehead atoms. The zero-order valence-electron chi connectivity index (χ0n) is 26.5. The summed E-state index contributed by atoms with van der Waals surface area (Å²) in [6, 6.07) is 13.7. The van der Waals surface area contributed by atoms with Crippen LogP contribution in [-0.4, -0.2) is 78.6 Å². The Morgan fingerprint density at radius 3 is 1.53 bits per heavy atom. The van der Waals surface area contributed by atoms with Gasteiger partial charge in [0.15, 0.2) is 5.78 Å². The highest BCUT2D eigenvalue weighted by molar-refractivity contribution is 8.48. The quantitative estimate of drug-likeness (QED) is 0.105. The van der Waals surface area contributed by atoms with Crippen LogP contribution in [0.4, 0.5) is 0 Å². The van der Waals surface area contributed by atoms with Crippen LogP contribution in [0.25, 0.3) is 5.57 Å². The third-order valence-electron chi connectivity index (χ3n) is 6.56. The summed E-state index contributed by atoms with van der Waals surface area (Å²) in [6.45, 7) is 11.7. The Labute approximate surface area is 278 Å². The lowest BCUT2D eigenvalue weighted by Gasteiger charge is -2.26.